The van der Waals surface area contributed by atoms with Gasteiger partial charge < -0.3 is 19.5 Å². The summed E-state index contributed by atoms with van der Waals surface area (Å²) in [6.07, 6.45) is 1.61. The molecule has 0 radical (unpaired) electrons. The average Bonchev–Trinajstić information content (AvgIpc) is 3.41. The number of aromatic nitrogens is 3. The number of nitrogens with zero attached hydrogens (tertiary/aromatic N) is 5. The van der Waals surface area contributed by atoms with E-state index in [0.29, 0.717) is 18.1 Å². The van der Waals surface area contributed by atoms with E-state index in [9.17, 15) is 0 Å². The second kappa shape index (κ2) is 8.16. The normalized spacial score (nSPS) is 15.1. The van der Waals surface area contributed by atoms with E-state index in [2.05, 4.69) is 66.5 Å². The summed E-state index contributed by atoms with van der Waals surface area (Å²) in [6.45, 7) is 6.43. The van der Waals surface area contributed by atoms with Crippen LogP contribution in [0.3, 0.4) is 0 Å². The van der Waals surface area contributed by atoms with E-state index in [0.717, 1.165) is 38.0 Å². The van der Waals surface area contributed by atoms with Crippen molar-refractivity contribution in [2.24, 2.45) is 4.99 Å². The van der Waals surface area contributed by atoms with E-state index >= 15 is 0 Å². The number of piperazine rings is 1. The van der Waals surface area contributed by atoms with Gasteiger partial charge in [-0.15, -0.1) is 5.10 Å². The van der Waals surface area contributed by atoms with Gasteiger partial charge in [0.2, 0.25) is 5.82 Å². The Morgan fingerprint density at radius 3 is 2.79 bits per heavy atom. The second-order valence-electron chi connectivity index (χ2n) is 6.80. The van der Waals surface area contributed by atoms with Crippen molar-refractivity contribution in [2.45, 2.75) is 13.5 Å². The van der Waals surface area contributed by atoms with E-state index < -0.39 is 0 Å². The fourth-order valence-corrected chi connectivity index (χ4v) is 3.39. The molecular formula is C20H25N7O. The zero-order valence-electron chi connectivity index (χ0n) is 16.2. The number of hydrogen-bond acceptors (Lipinski definition) is 5. The van der Waals surface area contributed by atoms with Crippen LogP contribution in [0, 0.1) is 6.92 Å². The van der Waals surface area contributed by atoms with Crippen LogP contribution in [0.15, 0.2) is 52.1 Å². The van der Waals surface area contributed by atoms with E-state index in [1.165, 1.54) is 11.3 Å². The number of guanidine groups is 1. The van der Waals surface area contributed by atoms with Crippen molar-refractivity contribution in [3.05, 3.63) is 54.0 Å². The Kier molecular flexibility index (Phi) is 5.27. The minimum Gasteiger partial charge on any atom is -0.461 e. The number of benzene rings is 1. The summed E-state index contributed by atoms with van der Waals surface area (Å²) < 4.78 is 5.33. The first-order valence-electron chi connectivity index (χ1n) is 9.45. The number of aliphatic imine (C=N–C) groups is 1. The monoisotopic (exact) mass is 379 g/mol. The van der Waals surface area contributed by atoms with Crippen molar-refractivity contribution < 1.29 is 4.42 Å². The van der Waals surface area contributed by atoms with Gasteiger partial charge in [0.15, 0.2) is 11.7 Å². The van der Waals surface area contributed by atoms with Crippen LogP contribution in [-0.2, 0) is 6.54 Å². The topological polar surface area (TPSA) is 85.6 Å². The smallest absolute Gasteiger partial charge is 0.216 e. The van der Waals surface area contributed by atoms with Crippen LogP contribution >= 0.6 is 0 Å². The maximum atomic E-state index is 5.33. The first-order chi connectivity index (χ1) is 13.7. The number of rotatable bonds is 4. The van der Waals surface area contributed by atoms with E-state index in [1.807, 2.05) is 19.2 Å². The lowest BCUT2D eigenvalue weighted by Gasteiger charge is -2.37. The number of H-pyrrole nitrogens is 1. The molecule has 28 heavy (non-hydrogen) atoms. The molecule has 0 atom stereocenters. The van der Waals surface area contributed by atoms with Gasteiger partial charge in [0.25, 0.3) is 0 Å². The maximum absolute atomic E-state index is 5.33. The highest BCUT2D eigenvalue weighted by atomic mass is 16.3. The highest BCUT2D eigenvalue weighted by molar-refractivity contribution is 5.80. The lowest BCUT2D eigenvalue weighted by molar-refractivity contribution is 0.372. The lowest BCUT2D eigenvalue weighted by atomic mass is 10.2. The highest BCUT2D eigenvalue weighted by Gasteiger charge is 2.20. The minimum atomic E-state index is 0.526. The van der Waals surface area contributed by atoms with Gasteiger partial charge in [0, 0.05) is 38.9 Å². The Bertz CT molecular complexity index is 924. The van der Waals surface area contributed by atoms with Crippen molar-refractivity contribution in [1.82, 2.24) is 25.4 Å². The predicted octanol–water partition coefficient (Wildman–Crippen LogP) is 2.27. The third-order valence-electron chi connectivity index (χ3n) is 4.85. The summed E-state index contributed by atoms with van der Waals surface area (Å²) in [6, 6.07) is 12.3. The largest absolute Gasteiger partial charge is 0.461 e. The molecule has 0 bridgehead atoms. The molecule has 1 aromatic carbocycles. The zero-order chi connectivity index (χ0) is 19.3. The molecule has 1 fully saturated rings. The van der Waals surface area contributed by atoms with Crippen LogP contribution in [0.5, 0.6) is 0 Å². The minimum absolute atomic E-state index is 0.526. The van der Waals surface area contributed by atoms with Gasteiger partial charge in [-0.2, -0.15) is 0 Å². The fraction of sp³-hybridized carbons (Fsp3) is 0.350. The molecule has 0 spiro atoms. The van der Waals surface area contributed by atoms with Gasteiger partial charge in [-0.1, -0.05) is 12.1 Å². The molecule has 4 rings (SSSR count). The third kappa shape index (κ3) is 4.00. The summed E-state index contributed by atoms with van der Waals surface area (Å²) in [5.41, 5.74) is 2.58. The van der Waals surface area contributed by atoms with Gasteiger partial charge in [0.1, 0.15) is 5.82 Å². The molecule has 0 saturated carbocycles. The molecule has 1 aliphatic rings. The first kappa shape index (κ1) is 18.1. The van der Waals surface area contributed by atoms with Crippen LogP contribution in [0.4, 0.5) is 5.69 Å². The SMILES string of the molecule is CN=C(NCc1nc(-c2ccco2)n[nH]1)N1CCN(c2cccc(C)c2)CC1. The van der Waals surface area contributed by atoms with Gasteiger partial charge in [0.05, 0.1) is 12.8 Å². The quantitative estimate of drug-likeness (QED) is 0.534. The molecule has 3 aromatic rings. The molecule has 8 nitrogen and oxygen atoms in total. The number of hydrogen-bond donors (Lipinski definition) is 2. The van der Waals surface area contributed by atoms with Crippen molar-refractivity contribution in [3.8, 4) is 11.6 Å². The van der Waals surface area contributed by atoms with Crippen molar-refractivity contribution in [3.63, 3.8) is 0 Å². The van der Waals surface area contributed by atoms with Gasteiger partial charge in [-0.25, -0.2) is 4.98 Å². The summed E-state index contributed by atoms with van der Waals surface area (Å²) in [5, 5.41) is 10.5. The predicted molar refractivity (Wildman–Crippen MR) is 109 cm³/mol. The molecule has 8 heteroatoms. The number of nitrogens with one attached hydrogen (secondary N) is 2. The third-order valence-corrected chi connectivity index (χ3v) is 4.85. The molecule has 0 amide bonds. The first-order valence-corrected chi connectivity index (χ1v) is 9.45. The standard InChI is InChI=1S/C20H25N7O/c1-15-5-3-6-16(13-15)26-8-10-27(11-9-26)20(21-2)22-14-18-23-19(25-24-18)17-7-4-12-28-17/h3-7,12-13H,8-11,14H2,1-2H3,(H,21,22)(H,23,24,25). The molecule has 1 aliphatic heterocycles. The van der Waals surface area contributed by atoms with Crippen LogP contribution in [0.2, 0.25) is 0 Å². The van der Waals surface area contributed by atoms with Gasteiger partial charge >= 0.3 is 0 Å². The summed E-state index contributed by atoms with van der Waals surface area (Å²) in [5.74, 6) is 2.83. The highest BCUT2D eigenvalue weighted by Crippen LogP contribution is 2.18. The molecule has 0 unspecified atom stereocenters. The van der Waals surface area contributed by atoms with Crippen molar-refractivity contribution in [1.29, 1.82) is 0 Å². The van der Waals surface area contributed by atoms with Gasteiger partial charge in [-0.3, -0.25) is 10.1 Å². The second-order valence-corrected chi connectivity index (χ2v) is 6.80. The molecular weight excluding hydrogens is 354 g/mol. The Morgan fingerprint density at radius 1 is 1.21 bits per heavy atom. The van der Waals surface area contributed by atoms with Gasteiger partial charge in [-0.05, 0) is 36.8 Å². The lowest BCUT2D eigenvalue weighted by Crippen LogP contribution is -2.52. The summed E-state index contributed by atoms with van der Waals surface area (Å²) in [4.78, 5) is 13.6. The number of furan rings is 1. The number of aryl methyl sites for hydroxylation is 1. The Balaban J connectivity index is 1.32. The molecule has 2 N–H and O–H groups in total. The molecule has 1 saturated heterocycles. The number of aromatic amines is 1. The average molecular weight is 379 g/mol. The van der Waals surface area contributed by atoms with Crippen molar-refractivity contribution in [2.75, 3.05) is 38.1 Å². The molecule has 3 heterocycles. The van der Waals surface area contributed by atoms with Crippen LogP contribution in [0.1, 0.15) is 11.4 Å². The van der Waals surface area contributed by atoms with Crippen LogP contribution in [-0.4, -0.2) is 59.3 Å². The zero-order valence-corrected chi connectivity index (χ0v) is 16.2. The summed E-state index contributed by atoms with van der Waals surface area (Å²) >= 11 is 0. The van der Waals surface area contributed by atoms with E-state index in [-0.39, 0.29) is 0 Å². The molecule has 146 valence electrons. The van der Waals surface area contributed by atoms with Crippen LogP contribution < -0.4 is 10.2 Å². The fourth-order valence-electron chi connectivity index (χ4n) is 3.39. The van der Waals surface area contributed by atoms with E-state index in [1.54, 1.807) is 6.26 Å². The number of anilines is 1. The van der Waals surface area contributed by atoms with Crippen molar-refractivity contribution >= 4 is 11.6 Å². The molecule has 2 aromatic heterocycles. The Morgan fingerprint density at radius 2 is 2.07 bits per heavy atom. The van der Waals surface area contributed by atoms with E-state index in [4.69, 9.17) is 4.42 Å². The van der Waals surface area contributed by atoms with Crippen LogP contribution in [0.25, 0.3) is 11.6 Å². The Labute approximate surface area is 164 Å². The summed E-state index contributed by atoms with van der Waals surface area (Å²) in [7, 11) is 1.81. The Hall–Kier alpha value is -3.29. The maximum Gasteiger partial charge on any atom is 0.216 e. The molecule has 0 aliphatic carbocycles.